The van der Waals surface area contributed by atoms with Gasteiger partial charge in [-0.3, -0.25) is 4.79 Å². The van der Waals surface area contributed by atoms with Gasteiger partial charge in [0.2, 0.25) is 5.91 Å². The second kappa shape index (κ2) is 5.48. The second-order valence-electron chi connectivity index (χ2n) is 5.00. The molecular weight excluding hydrogens is 231 g/mol. The zero-order valence-corrected chi connectivity index (χ0v) is 10.8. The van der Waals surface area contributed by atoms with Crippen molar-refractivity contribution < 1.29 is 9.18 Å². The second-order valence-corrected chi connectivity index (χ2v) is 5.00. The van der Waals surface area contributed by atoms with Crippen LogP contribution in [0.1, 0.15) is 37.4 Å². The molecule has 2 rings (SSSR count). The fourth-order valence-corrected chi connectivity index (χ4v) is 2.41. The Labute approximate surface area is 107 Å². The van der Waals surface area contributed by atoms with Gasteiger partial charge in [-0.2, -0.15) is 0 Å². The topological polar surface area (TPSA) is 41.1 Å². The Morgan fingerprint density at radius 2 is 2.28 bits per heavy atom. The van der Waals surface area contributed by atoms with E-state index in [9.17, 15) is 9.18 Å². The highest BCUT2D eigenvalue weighted by Gasteiger charge is 2.24. The summed E-state index contributed by atoms with van der Waals surface area (Å²) in [6, 6.07) is 5.39. The van der Waals surface area contributed by atoms with E-state index in [2.05, 4.69) is 10.6 Å². The number of rotatable bonds is 4. The van der Waals surface area contributed by atoms with Crippen molar-refractivity contribution in [1.82, 2.24) is 10.6 Å². The molecule has 0 fully saturated rings. The van der Waals surface area contributed by atoms with Gasteiger partial charge in [0.15, 0.2) is 0 Å². The molecule has 0 saturated carbocycles. The van der Waals surface area contributed by atoms with E-state index < -0.39 is 0 Å². The maximum Gasteiger partial charge on any atom is 0.234 e. The van der Waals surface area contributed by atoms with Crippen LogP contribution in [0.3, 0.4) is 0 Å². The van der Waals surface area contributed by atoms with Crippen molar-refractivity contribution in [2.75, 3.05) is 6.54 Å². The van der Waals surface area contributed by atoms with Crippen molar-refractivity contribution in [3.63, 3.8) is 0 Å². The summed E-state index contributed by atoms with van der Waals surface area (Å²) in [6.45, 7) is 4.13. The van der Waals surface area contributed by atoms with E-state index in [0.717, 1.165) is 24.0 Å². The van der Waals surface area contributed by atoms with Crippen LogP contribution in [-0.4, -0.2) is 18.5 Å². The van der Waals surface area contributed by atoms with Gasteiger partial charge >= 0.3 is 0 Å². The van der Waals surface area contributed by atoms with Crippen molar-refractivity contribution in [2.45, 2.75) is 38.8 Å². The van der Waals surface area contributed by atoms with Crippen molar-refractivity contribution in [3.05, 3.63) is 35.1 Å². The SMILES string of the molecule is CC(C)NC(=O)CNC1CCc2c(F)cccc21. The summed E-state index contributed by atoms with van der Waals surface area (Å²) in [6.07, 6.45) is 1.59. The van der Waals surface area contributed by atoms with Crippen LogP contribution in [0.4, 0.5) is 4.39 Å². The van der Waals surface area contributed by atoms with Gasteiger partial charge in [0.1, 0.15) is 5.82 Å². The number of carbonyl (C=O) groups excluding carboxylic acids is 1. The molecule has 1 unspecified atom stereocenters. The van der Waals surface area contributed by atoms with Crippen molar-refractivity contribution in [1.29, 1.82) is 0 Å². The third-order valence-electron chi connectivity index (χ3n) is 3.17. The standard InChI is InChI=1S/C14H19FN2O/c1-9(2)17-14(18)8-16-13-7-6-10-11(13)4-3-5-12(10)15/h3-5,9,13,16H,6-8H2,1-2H3,(H,17,18). The molecule has 1 aliphatic carbocycles. The van der Waals surface area contributed by atoms with Gasteiger partial charge in [0, 0.05) is 12.1 Å². The number of hydrogen-bond acceptors (Lipinski definition) is 2. The molecule has 1 atom stereocenters. The molecular formula is C14H19FN2O. The van der Waals surface area contributed by atoms with E-state index in [4.69, 9.17) is 0 Å². The summed E-state index contributed by atoms with van der Waals surface area (Å²) in [4.78, 5) is 11.5. The lowest BCUT2D eigenvalue weighted by molar-refractivity contribution is -0.120. The Balaban J connectivity index is 1.94. The van der Waals surface area contributed by atoms with E-state index >= 15 is 0 Å². The first-order valence-electron chi connectivity index (χ1n) is 6.38. The predicted octanol–water partition coefficient (Wildman–Crippen LogP) is 1.93. The minimum absolute atomic E-state index is 0.0187. The summed E-state index contributed by atoms with van der Waals surface area (Å²) < 4.78 is 13.5. The third kappa shape index (κ3) is 2.88. The highest BCUT2D eigenvalue weighted by Crippen LogP contribution is 2.32. The van der Waals surface area contributed by atoms with E-state index in [1.54, 1.807) is 6.07 Å². The molecule has 3 nitrogen and oxygen atoms in total. The molecule has 0 heterocycles. The fourth-order valence-electron chi connectivity index (χ4n) is 2.41. The van der Waals surface area contributed by atoms with Gasteiger partial charge < -0.3 is 10.6 Å². The average molecular weight is 250 g/mol. The quantitative estimate of drug-likeness (QED) is 0.857. The van der Waals surface area contributed by atoms with Gasteiger partial charge in [0.25, 0.3) is 0 Å². The highest BCUT2D eigenvalue weighted by molar-refractivity contribution is 5.78. The summed E-state index contributed by atoms with van der Waals surface area (Å²) in [5.74, 6) is -0.154. The van der Waals surface area contributed by atoms with E-state index in [0.29, 0.717) is 0 Å². The van der Waals surface area contributed by atoms with Crippen LogP contribution in [-0.2, 0) is 11.2 Å². The zero-order chi connectivity index (χ0) is 13.1. The Hall–Kier alpha value is -1.42. The smallest absolute Gasteiger partial charge is 0.234 e. The van der Waals surface area contributed by atoms with Crippen LogP contribution in [0.5, 0.6) is 0 Å². The molecule has 1 aliphatic rings. The molecule has 98 valence electrons. The normalized spacial score (nSPS) is 17.9. The Morgan fingerprint density at radius 1 is 1.50 bits per heavy atom. The lowest BCUT2D eigenvalue weighted by atomic mass is 10.1. The van der Waals surface area contributed by atoms with Gasteiger partial charge in [-0.15, -0.1) is 0 Å². The van der Waals surface area contributed by atoms with E-state index in [1.165, 1.54) is 6.07 Å². The summed E-state index contributed by atoms with van der Waals surface area (Å²) in [5, 5.41) is 6.02. The molecule has 0 bridgehead atoms. The Bertz CT molecular complexity index is 445. The molecule has 0 aromatic heterocycles. The first kappa shape index (κ1) is 13.0. The molecule has 2 N–H and O–H groups in total. The number of nitrogens with one attached hydrogen (secondary N) is 2. The maximum atomic E-state index is 13.5. The molecule has 0 aliphatic heterocycles. The number of carbonyl (C=O) groups is 1. The number of amides is 1. The third-order valence-corrected chi connectivity index (χ3v) is 3.17. The van der Waals surface area contributed by atoms with Crippen LogP contribution < -0.4 is 10.6 Å². The monoisotopic (exact) mass is 250 g/mol. The minimum Gasteiger partial charge on any atom is -0.353 e. The largest absolute Gasteiger partial charge is 0.353 e. The number of halogens is 1. The van der Waals surface area contributed by atoms with E-state index in [1.807, 2.05) is 19.9 Å². The first-order chi connectivity index (χ1) is 8.58. The molecule has 0 saturated heterocycles. The molecule has 0 spiro atoms. The van der Waals surface area contributed by atoms with E-state index in [-0.39, 0.29) is 30.4 Å². The molecule has 0 radical (unpaired) electrons. The summed E-state index contributed by atoms with van der Waals surface area (Å²) in [7, 11) is 0. The van der Waals surface area contributed by atoms with Gasteiger partial charge in [-0.25, -0.2) is 4.39 Å². The average Bonchev–Trinajstić information content (AvgIpc) is 2.70. The van der Waals surface area contributed by atoms with Gasteiger partial charge in [-0.05, 0) is 43.9 Å². The van der Waals surface area contributed by atoms with Crippen molar-refractivity contribution >= 4 is 5.91 Å². The Morgan fingerprint density at radius 3 is 3.00 bits per heavy atom. The number of hydrogen-bond donors (Lipinski definition) is 2. The predicted molar refractivity (Wildman–Crippen MR) is 68.7 cm³/mol. The molecule has 1 aromatic rings. The van der Waals surface area contributed by atoms with Gasteiger partial charge in [-0.1, -0.05) is 12.1 Å². The molecule has 1 amide bonds. The van der Waals surface area contributed by atoms with Crippen LogP contribution in [0.25, 0.3) is 0 Å². The maximum absolute atomic E-state index is 13.5. The first-order valence-corrected chi connectivity index (χ1v) is 6.38. The minimum atomic E-state index is -0.136. The summed E-state index contributed by atoms with van der Waals surface area (Å²) in [5.41, 5.74) is 1.78. The Kier molecular flexibility index (Phi) is 3.97. The molecule has 18 heavy (non-hydrogen) atoms. The van der Waals surface area contributed by atoms with Gasteiger partial charge in [0.05, 0.1) is 6.54 Å². The van der Waals surface area contributed by atoms with Crippen molar-refractivity contribution in [3.8, 4) is 0 Å². The van der Waals surface area contributed by atoms with Crippen LogP contribution in [0.15, 0.2) is 18.2 Å². The van der Waals surface area contributed by atoms with Crippen LogP contribution >= 0.6 is 0 Å². The summed E-state index contributed by atoms with van der Waals surface area (Å²) >= 11 is 0. The number of fused-ring (bicyclic) bond motifs is 1. The lowest BCUT2D eigenvalue weighted by Gasteiger charge is -2.15. The van der Waals surface area contributed by atoms with Crippen molar-refractivity contribution in [2.24, 2.45) is 0 Å². The fraction of sp³-hybridized carbons (Fsp3) is 0.500. The number of benzene rings is 1. The molecule has 4 heteroatoms. The van der Waals surface area contributed by atoms with Crippen LogP contribution in [0, 0.1) is 5.82 Å². The van der Waals surface area contributed by atoms with Crippen LogP contribution in [0.2, 0.25) is 0 Å². The zero-order valence-electron chi connectivity index (χ0n) is 10.8. The highest BCUT2D eigenvalue weighted by atomic mass is 19.1. The lowest BCUT2D eigenvalue weighted by Crippen LogP contribution is -2.38. The molecule has 1 aromatic carbocycles.